The van der Waals surface area contributed by atoms with E-state index in [1.165, 1.54) is 0 Å². The summed E-state index contributed by atoms with van der Waals surface area (Å²) in [6.45, 7) is 3.12. The molecule has 0 unspecified atom stereocenters. The maximum Gasteiger partial charge on any atom is 0.163 e. The smallest absolute Gasteiger partial charge is 0.163 e. The molecule has 1 aliphatic rings. The van der Waals surface area contributed by atoms with Gasteiger partial charge < -0.3 is 24.6 Å². The number of imidazole rings is 1. The molecule has 0 saturated carbocycles. The van der Waals surface area contributed by atoms with Gasteiger partial charge in [-0.1, -0.05) is 6.07 Å². The van der Waals surface area contributed by atoms with Crippen LogP contribution in [-0.4, -0.2) is 34.8 Å². The van der Waals surface area contributed by atoms with Crippen molar-refractivity contribution >= 4 is 17.2 Å². The van der Waals surface area contributed by atoms with Crippen LogP contribution in [0.1, 0.15) is 5.56 Å². The monoisotopic (exact) mass is 403 g/mol. The van der Waals surface area contributed by atoms with E-state index in [4.69, 9.17) is 19.2 Å². The Morgan fingerprint density at radius 3 is 2.70 bits per heavy atom. The zero-order chi connectivity index (χ0) is 20.7. The quantitative estimate of drug-likeness (QED) is 0.521. The van der Waals surface area contributed by atoms with E-state index in [1.54, 1.807) is 25.3 Å². The third-order valence-corrected chi connectivity index (χ3v) is 5.01. The molecule has 4 aromatic rings. The summed E-state index contributed by atoms with van der Waals surface area (Å²) in [5.41, 5.74) is 4.24. The third-order valence-electron chi connectivity index (χ3n) is 5.01. The Kier molecular flexibility index (Phi) is 4.35. The molecule has 2 aromatic heterocycles. The van der Waals surface area contributed by atoms with Crippen LogP contribution in [0.3, 0.4) is 0 Å². The summed E-state index contributed by atoms with van der Waals surface area (Å²) in [6, 6.07) is 14.8. The van der Waals surface area contributed by atoms with Crippen LogP contribution >= 0.6 is 0 Å². The van der Waals surface area contributed by atoms with Gasteiger partial charge in [-0.25, -0.2) is 4.98 Å². The molecule has 3 heterocycles. The van der Waals surface area contributed by atoms with Crippen LogP contribution in [0, 0.1) is 6.92 Å². The number of rotatable bonds is 4. The minimum atomic E-state index is 0.136. The number of benzene rings is 2. The molecule has 0 amide bonds. The van der Waals surface area contributed by atoms with E-state index in [0.29, 0.717) is 30.4 Å². The van der Waals surface area contributed by atoms with Crippen LogP contribution in [0.4, 0.5) is 11.5 Å². The van der Waals surface area contributed by atoms with E-state index < -0.39 is 0 Å². The van der Waals surface area contributed by atoms with Crippen LogP contribution in [0.2, 0.25) is 0 Å². The number of aromatic hydroxyl groups is 1. The maximum atomic E-state index is 9.86. The number of ether oxygens (including phenoxy) is 3. The lowest BCUT2D eigenvalue weighted by molar-refractivity contribution is 0.171. The van der Waals surface area contributed by atoms with Crippen molar-refractivity contribution in [3.8, 4) is 34.3 Å². The van der Waals surface area contributed by atoms with Crippen molar-refractivity contribution in [1.82, 2.24) is 9.38 Å². The zero-order valence-electron chi connectivity index (χ0n) is 16.7. The molecule has 0 bridgehead atoms. The van der Waals surface area contributed by atoms with Gasteiger partial charge in [-0.3, -0.25) is 4.40 Å². The summed E-state index contributed by atoms with van der Waals surface area (Å²) in [5, 5.41) is 13.3. The molecular weight excluding hydrogens is 382 g/mol. The summed E-state index contributed by atoms with van der Waals surface area (Å²) in [5.74, 6) is 2.91. The van der Waals surface area contributed by atoms with Gasteiger partial charge in [0.1, 0.15) is 41.9 Å². The lowest BCUT2D eigenvalue weighted by Gasteiger charge is -2.19. The lowest BCUT2D eigenvalue weighted by Crippen LogP contribution is -2.15. The first kappa shape index (κ1) is 18.2. The molecule has 2 N–H and O–H groups in total. The van der Waals surface area contributed by atoms with Gasteiger partial charge in [-0.2, -0.15) is 0 Å². The van der Waals surface area contributed by atoms with E-state index in [1.807, 2.05) is 47.9 Å². The van der Waals surface area contributed by atoms with Crippen molar-refractivity contribution in [2.24, 2.45) is 0 Å². The number of aromatic nitrogens is 2. The Morgan fingerprint density at radius 2 is 1.87 bits per heavy atom. The first-order valence-electron chi connectivity index (χ1n) is 9.65. The summed E-state index contributed by atoms with van der Waals surface area (Å²) in [6.07, 6.45) is 2.03. The lowest BCUT2D eigenvalue weighted by atomic mass is 10.1. The topological polar surface area (TPSA) is 77.3 Å². The van der Waals surface area contributed by atoms with Gasteiger partial charge in [0, 0.05) is 29.6 Å². The molecule has 0 spiro atoms. The number of hydrogen-bond acceptors (Lipinski definition) is 6. The average Bonchev–Trinajstić information content (AvgIpc) is 3.10. The Hall–Kier alpha value is -3.87. The van der Waals surface area contributed by atoms with Crippen LogP contribution in [-0.2, 0) is 0 Å². The molecule has 30 heavy (non-hydrogen) atoms. The number of nitrogens with zero attached hydrogens (tertiary/aromatic N) is 2. The molecule has 152 valence electrons. The Morgan fingerprint density at radius 1 is 1.03 bits per heavy atom. The number of pyridine rings is 1. The second-order valence-electron chi connectivity index (χ2n) is 7.11. The highest BCUT2D eigenvalue weighted by molar-refractivity contribution is 5.83. The van der Waals surface area contributed by atoms with Crippen molar-refractivity contribution in [1.29, 1.82) is 0 Å². The first-order chi connectivity index (χ1) is 14.6. The van der Waals surface area contributed by atoms with Crippen molar-refractivity contribution in [2.45, 2.75) is 6.92 Å². The molecule has 0 saturated heterocycles. The van der Waals surface area contributed by atoms with Crippen molar-refractivity contribution in [2.75, 3.05) is 25.6 Å². The molecule has 7 heteroatoms. The fourth-order valence-corrected chi connectivity index (χ4v) is 3.59. The van der Waals surface area contributed by atoms with E-state index in [0.717, 1.165) is 34.0 Å². The summed E-state index contributed by atoms with van der Waals surface area (Å²) in [4.78, 5) is 4.83. The van der Waals surface area contributed by atoms with E-state index in [2.05, 4.69) is 5.32 Å². The normalized spacial score (nSPS) is 12.7. The Balaban J connectivity index is 1.67. The molecule has 5 rings (SSSR count). The number of nitrogens with one attached hydrogen (secondary N) is 1. The summed E-state index contributed by atoms with van der Waals surface area (Å²) >= 11 is 0. The molecular formula is C23H21N3O4. The van der Waals surface area contributed by atoms with Crippen LogP contribution in [0.25, 0.3) is 16.9 Å². The standard InChI is InChI=1S/C23H21N3O4/c1-14-3-8-21-25-22(17-6-5-16(27)12-19(17)28-2)23(26(21)13-14)24-15-4-7-18-20(11-15)30-10-9-29-18/h3-8,11-13,24,27H,9-10H2,1-2H3. The zero-order valence-corrected chi connectivity index (χ0v) is 16.7. The minimum absolute atomic E-state index is 0.136. The highest BCUT2D eigenvalue weighted by atomic mass is 16.6. The highest BCUT2D eigenvalue weighted by Gasteiger charge is 2.19. The molecule has 0 fully saturated rings. The summed E-state index contributed by atoms with van der Waals surface area (Å²) < 4.78 is 18.9. The van der Waals surface area contributed by atoms with Crippen molar-refractivity contribution in [3.63, 3.8) is 0 Å². The van der Waals surface area contributed by atoms with Gasteiger partial charge in [0.25, 0.3) is 0 Å². The average molecular weight is 403 g/mol. The van der Waals surface area contributed by atoms with Gasteiger partial charge in [-0.05, 0) is 42.8 Å². The van der Waals surface area contributed by atoms with Gasteiger partial charge >= 0.3 is 0 Å². The van der Waals surface area contributed by atoms with Crippen LogP contribution in [0.5, 0.6) is 23.0 Å². The second kappa shape index (κ2) is 7.18. The number of aryl methyl sites for hydroxylation is 1. The fraction of sp³-hybridized carbons (Fsp3) is 0.174. The van der Waals surface area contributed by atoms with Crippen molar-refractivity contribution in [3.05, 3.63) is 60.3 Å². The van der Waals surface area contributed by atoms with Gasteiger partial charge in [-0.15, -0.1) is 0 Å². The van der Waals surface area contributed by atoms with E-state index in [-0.39, 0.29) is 5.75 Å². The maximum absolute atomic E-state index is 9.86. The minimum Gasteiger partial charge on any atom is -0.508 e. The van der Waals surface area contributed by atoms with Crippen LogP contribution in [0.15, 0.2) is 54.7 Å². The number of anilines is 2. The number of phenolic OH excluding ortho intramolecular Hbond substituents is 1. The second-order valence-corrected chi connectivity index (χ2v) is 7.11. The van der Waals surface area contributed by atoms with E-state index >= 15 is 0 Å². The largest absolute Gasteiger partial charge is 0.508 e. The molecule has 1 aliphatic heterocycles. The first-order valence-corrected chi connectivity index (χ1v) is 9.65. The fourth-order valence-electron chi connectivity index (χ4n) is 3.59. The van der Waals surface area contributed by atoms with Crippen LogP contribution < -0.4 is 19.5 Å². The van der Waals surface area contributed by atoms with Gasteiger partial charge in [0.15, 0.2) is 11.5 Å². The molecule has 7 nitrogen and oxygen atoms in total. The predicted molar refractivity (Wildman–Crippen MR) is 114 cm³/mol. The molecule has 0 radical (unpaired) electrons. The number of phenols is 1. The SMILES string of the molecule is COc1cc(O)ccc1-c1nc2ccc(C)cn2c1Nc1ccc2c(c1)OCCO2. The number of methoxy groups -OCH3 is 1. The predicted octanol–water partition coefficient (Wildman–Crippen LogP) is 4.54. The number of fused-ring (bicyclic) bond motifs is 2. The molecule has 0 aliphatic carbocycles. The van der Waals surface area contributed by atoms with Crippen molar-refractivity contribution < 1.29 is 19.3 Å². The van der Waals surface area contributed by atoms with Gasteiger partial charge in [0.2, 0.25) is 0 Å². The highest BCUT2D eigenvalue weighted by Crippen LogP contribution is 2.39. The van der Waals surface area contributed by atoms with E-state index in [9.17, 15) is 5.11 Å². The Bertz CT molecular complexity index is 1250. The molecule has 2 aromatic carbocycles. The summed E-state index contributed by atoms with van der Waals surface area (Å²) in [7, 11) is 1.58. The van der Waals surface area contributed by atoms with Gasteiger partial charge in [0.05, 0.1) is 7.11 Å². The number of hydrogen-bond donors (Lipinski definition) is 2. The molecule has 0 atom stereocenters. The Labute approximate surface area is 173 Å². The third kappa shape index (κ3) is 3.14.